The Morgan fingerprint density at radius 3 is 2.27 bits per heavy atom. The van der Waals surface area contributed by atoms with Crippen LogP contribution in [0.4, 0.5) is 0 Å². The van der Waals surface area contributed by atoms with E-state index in [1.54, 1.807) is 0 Å². The first-order chi connectivity index (χ1) is 12.4. The predicted molar refractivity (Wildman–Crippen MR) is 105 cm³/mol. The molecule has 1 heterocycles. The van der Waals surface area contributed by atoms with Crippen LogP contribution in [0.25, 0.3) is 0 Å². The van der Waals surface area contributed by atoms with Gasteiger partial charge in [0.1, 0.15) is 0 Å². The maximum absolute atomic E-state index is 12.8. The van der Waals surface area contributed by atoms with E-state index in [4.69, 9.17) is 4.74 Å². The molecule has 1 N–H and O–H groups in total. The minimum atomic E-state index is -3.51. The van der Waals surface area contributed by atoms with Crippen LogP contribution in [-0.4, -0.2) is 68.6 Å². The van der Waals surface area contributed by atoms with Gasteiger partial charge in [0.25, 0.3) is 10.2 Å². The molecule has 0 radical (unpaired) electrons. The molecule has 1 aliphatic rings. The fourth-order valence-corrected chi connectivity index (χ4v) is 4.97. The molecule has 1 aromatic rings. The average molecular weight is 384 g/mol. The lowest BCUT2D eigenvalue weighted by molar-refractivity contribution is -0.0444. The number of likely N-dealkylation sites (N-methyl/N-ethyl adjacent to an activating group) is 1. The third kappa shape index (κ3) is 6.03. The summed E-state index contributed by atoms with van der Waals surface area (Å²) in [4.78, 5) is 2.31. The number of rotatable bonds is 9. The minimum absolute atomic E-state index is 0.0850. The lowest BCUT2D eigenvalue weighted by Crippen LogP contribution is -2.54. The Kier molecular flexibility index (Phi) is 8.04. The molecule has 1 fully saturated rings. The van der Waals surface area contributed by atoms with Gasteiger partial charge >= 0.3 is 0 Å². The molecule has 1 aromatic carbocycles. The van der Waals surface area contributed by atoms with Crippen molar-refractivity contribution in [3.8, 4) is 0 Å². The van der Waals surface area contributed by atoms with Gasteiger partial charge in [-0.15, -0.1) is 0 Å². The second-order valence-electron chi connectivity index (χ2n) is 6.99. The van der Waals surface area contributed by atoms with Crippen LogP contribution in [0.5, 0.6) is 0 Å². The first-order valence-electron chi connectivity index (χ1n) is 9.53. The van der Waals surface area contributed by atoms with Crippen molar-refractivity contribution < 1.29 is 13.2 Å². The van der Waals surface area contributed by atoms with Crippen LogP contribution in [0.15, 0.2) is 30.3 Å². The third-order valence-corrected chi connectivity index (χ3v) is 6.38. The summed E-state index contributed by atoms with van der Waals surface area (Å²) < 4.78 is 35.5. The molecule has 6 nitrogen and oxygen atoms in total. The number of morpholine rings is 1. The van der Waals surface area contributed by atoms with E-state index in [1.165, 1.54) is 9.87 Å². The quantitative estimate of drug-likeness (QED) is 0.707. The van der Waals surface area contributed by atoms with Crippen molar-refractivity contribution in [1.29, 1.82) is 0 Å². The van der Waals surface area contributed by atoms with Crippen LogP contribution in [0.3, 0.4) is 0 Å². The molecule has 0 unspecified atom stereocenters. The average Bonchev–Trinajstić information content (AvgIpc) is 2.60. The monoisotopic (exact) mass is 383 g/mol. The smallest absolute Gasteiger partial charge is 0.279 e. The summed E-state index contributed by atoms with van der Waals surface area (Å²) >= 11 is 0. The molecule has 3 atom stereocenters. The van der Waals surface area contributed by atoms with Crippen molar-refractivity contribution in [2.45, 2.75) is 52.4 Å². The van der Waals surface area contributed by atoms with Crippen molar-refractivity contribution in [2.24, 2.45) is 0 Å². The summed E-state index contributed by atoms with van der Waals surface area (Å²) in [6.07, 6.45) is 0.650. The van der Waals surface area contributed by atoms with E-state index >= 15 is 0 Å². The van der Waals surface area contributed by atoms with Crippen LogP contribution in [-0.2, 0) is 21.4 Å². The minimum Gasteiger partial charge on any atom is -0.373 e. The van der Waals surface area contributed by atoms with Gasteiger partial charge in [-0.2, -0.15) is 12.7 Å². The Bertz CT molecular complexity index is 625. The molecule has 1 aliphatic heterocycles. The molecule has 26 heavy (non-hydrogen) atoms. The molecular weight excluding hydrogens is 350 g/mol. The summed E-state index contributed by atoms with van der Waals surface area (Å²) in [7, 11) is -3.51. The van der Waals surface area contributed by atoms with E-state index in [-0.39, 0.29) is 18.2 Å². The first kappa shape index (κ1) is 21.3. The van der Waals surface area contributed by atoms with Gasteiger partial charge in [0.2, 0.25) is 0 Å². The second kappa shape index (κ2) is 9.80. The molecule has 1 saturated heterocycles. The number of hydrogen-bond acceptors (Lipinski definition) is 4. The van der Waals surface area contributed by atoms with E-state index < -0.39 is 10.2 Å². The maximum atomic E-state index is 12.8. The van der Waals surface area contributed by atoms with Gasteiger partial charge in [0, 0.05) is 25.7 Å². The van der Waals surface area contributed by atoms with Crippen LogP contribution in [0.1, 0.15) is 33.3 Å². The Labute approximate surface area is 158 Å². The second-order valence-corrected chi connectivity index (χ2v) is 8.75. The molecule has 0 amide bonds. The Morgan fingerprint density at radius 2 is 1.73 bits per heavy atom. The van der Waals surface area contributed by atoms with Crippen molar-refractivity contribution in [2.75, 3.05) is 32.7 Å². The van der Waals surface area contributed by atoms with Gasteiger partial charge in [-0.3, -0.25) is 4.90 Å². The van der Waals surface area contributed by atoms with E-state index in [1.807, 2.05) is 32.0 Å². The standard InChI is InChI=1S/C19H33N3O3S/c1-5-21(6-2)19(12-18-10-8-7-9-11-18)13-20-26(23,24)22-14-16(3)25-17(4)15-22/h7-11,16-17,19-20H,5-6,12-15H2,1-4H3/t16-,17-,19-/m0/s1. The summed E-state index contributed by atoms with van der Waals surface area (Å²) in [6.45, 7) is 11.0. The van der Waals surface area contributed by atoms with Crippen LogP contribution >= 0.6 is 0 Å². The molecule has 0 saturated carbocycles. The van der Waals surface area contributed by atoms with E-state index in [0.29, 0.717) is 19.6 Å². The lowest BCUT2D eigenvalue weighted by Gasteiger charge is -2.35. The van der Waals surface area contributed by atoms with Crippen molar-refractivity contribution in [3.63, 3.8) is 0 Å². The number of nitrogens with one attached hydrogen (secondary N) is 1. The molecular formula is C19H33N3O3S. The fourth-order valence-electron chi connectivity index (χ4n) is 3.58. The van der Waals surface area contributed by atoms with E-state index in [0.717, 1.165) is 19.5 Å². The zero-order valence-electron chi connectivity index (χ0n) is 16.4. The number of ether oxygens (including phenoxy) is 1. The number of benzene rings is 1. The van der Waals surface area contributed by atoms with Crippen LogP contribution in [0, 0.1) is 0 Å². The summed E-state index contributed by atoms with van der Waals surface area (Å²) in [6, 6.07) is 10.4. The Morgan fingerprint density at radius 1 is 1.15 bits per heavy atom. The molecule has 0 aliphatic carbocycles. The van der Waals surface area contributed by atoms with Gasteiger partial charge < -0.3 is 4.74 Å². The molecule has 148 valence electrons. The normalized spacial score (nSPS) is 23.3. The SMILES string of the molecule is CCN(CC)[C@H](CNS(=O)(=O)N1C[C@H](C)O[C@@H](C)C1)Cc1ccccc1. The molecule has 0 aromatic heterocycles. The van der Waals surface area contributed by atoms with Gasteiger partial charge in [-0.25, -0.2) is 4.72 Å². The van der Waals surface area contributed by atoms with Gasteiger partial charge in [0.15, 0.2) is 0 Å². The maximum Gasteiger partial charge on any atom is 0.279 e. The lowest BCUT2D eigenvalue weighted by atomic mass is 10.0. The topological polar surface area (TPSA) is 61.9 Å². The highest BCUT2D eigenvalue weighted by molar-refractivity contribution is 7.87. The van der Waals surface area contributed by atoms with Crippen molar-refractivity contribution in [1.82, 2.24) is 13.9 Å². The van der Waals surface area contributed by atoms with E-state index in [2.05, 4.69) is 35.6 Å². The van der Waals surface area contributed by atoms with Crippen molar-refractivity contribution >= 4 is 10.2 Å². The zero-order valence-corrected chi connectivity index (χ0v) is 17.2. The predicted octanol–water partition coefficient (Wildman–Crippen LogP) is 1.88. The molecule has 7 heteroatoms. The zero-order chi connectivity index (χ0) is 19.2. The highest BCUT2D eigenvalue weighted by Crippen LogP contribution is 2.14. The first-order valence-corrected chi connectivity index (χ1v) is 11.0. The summed E-state index contributed by atoms with van der Waals surface area (Å²) in [5.41, 5.74) is 1.22. The Balaban J connectivity index is 2.05. The third-order valence-electron chi connectivity index (χ3n) is 4.87. The highest BCUT2D eigenvalue weighted by atomic mass is 32.2. The highest BCUT2D eigenvalue weighted by Gasteiger charge is 2.31. The molecule has 0 bridgehead atoms. The molecule has 0 spiro atoms. The van der Waals surface area contributed by atoms with Gasteiger partial charge in [0.05, 0.1) is 12.2 Å². The molecule has 2 rings (SSSR count). The number of nitrogens with zero attached hydrogens (tertiary/aromatic N) is 2. The van der Waals surface area contributed by atoms with Gasteiger partial charge in [-0.05, 0) is 38.9 Å². The summed E-state index contributed by atoms with van der Waals surface area (Å²) in [5, 5.41) is 0. The summed E-state index contributed by atoms with van der Waals surface area (Å²) in [5.74, 6) is 0. The van der Waals surface area contributed by atoms with Gasteiger partial charge in [-0.1, -0.05) is 44.2 Å². The number of hydrogen-bond donors (Lipinski definition) is 1. The fraction of sp³-hybridized carbons (Fsp3) is 0.684. The Hall–Kier alpha value is -0.990. The van der Waals surface area contributed by atoms with Crippen molar-refractivity contribution in [3.05, 3.63) is 35.9 Å². The largest absolute Gasteiger partial charge is 0.373 e. The van der Waals surface area contributed by atoms with E-state index in [9.17, 15) is 8.42 Å². The van der Waals surface area contributed by atoms with Crippen LogP contribution < -0.4 is 4.72 Å². The van der Waals surface area contributed by atoms with Crippen LogP contribution in [0.2, 0.25) is 0 Å².